The summed E-state index contributed by atoms with van der Waals surface area (Å²) in [5.41, 5.74) is 0. The average molecular weight is 191 g/mol. The standard InChI is InChI=1S/C8H17NS.CH4O/c1-2-10-9-8-6-4-3-5-7-8;1-2/h8-9H,2-7H2,1H3;2H,1H3. The predicted octanol–water partition coefficient (Wildman–Crippen LogP) is 2.19. The van der Waals surface area contributed by atoms with Crippen molar-refractivity contribution < 1.29 is 5.11 Å². The molecule has 0 aromatic carbocycles. The Morgan fingerprint density at radius 3 is 2.33 bits per heavy atom. The summed E-state index contributed by atoms with van der Waals surface area (Å²) in [5, 5.41) is 7.00. The number of nitrogens with one attached hydrogen (secondary N) is 1. The molecule has 0 aromatic heterocycles. The fourth-order valence-electron chi connectivity index (χ4n) is 1.42. The van der Waals surface area contributed by atoms with Crippen molar-refractivity contribution in [3.8, 4) is 0 Å². The summed E-state index contributed by atoms with van der Waals surface area (Å²) in [6, 6.07) is 0.818. The second kappa shape index (κ2) is 9.36. The van der Waals surface area contributed by atoms with Crippen LogP contribution in [0.2, 0.25) is 0 Å². The smallest absolute Gasteiger partial charge is 0.0319 e. The molecule has 0 saturated heterocycles. The number of aliphatic hydroxyl groups excluding tert-OH is 1. The lowest BCUT2D eigenvalue weighted by atomic mass is 9.96. The fourth-order valence-corrected chi connectivity index (χ4v) is 2.06. The van der Waals surface area contributed by atoms with E-state index in [2.05, 4.69) is 11.6 Å². The lowest BCUT2D eigenvalue weighted by Gasteiger charge is -2.21. The van der Waals surface area contributed by atoms with Gasteiger partial charge in [-0.15, -0.1) is 0 Å². The van der Waals surface area contributed by atoms with Gasteiger partial charge in [0.1, 0.15) is 0 Å². The van der Waals surface area contributed by atoms with Crippen molar-refractivity contribution in [3.05, 3.63) is 0 Å². The summed E-state index contributed by atoms with van der Waals surface area (Å²) >= 11 is 1.86. The first-order chi connectivity index (χ1) is 5.93. The second-order valence-corrected chi connectivity index (χ2v) is 3.99. The molecule has 74 valence electrons. The Balaban J connectivity index is 0.000000561. The van der Waals surface area contributed by atoms with E-state index in [-0.39, 0.29) is 0 Å². The van der Waals surface area contributed by atoms with E-state index in [1.807, 2.05) is 11.9 Å². The number of hydrogen-bond donors (Lipinski definition) is 2. The van der Waals surface area contributed by atoms with E-state index in [1.165, 1.54) is 37.9 Å². The first-order valence-electron chi connectivity index (χ1n) is 4.75. The van der Waals surface area contributed by atoms with Crippen LogP contribution in [0.3, 0.4) is 0 Å². The van der Waals surface area contributed by atoms with Gasteiger partial charge in [0.05, 0.1) is 0 Å². The van der Waals surface area contributed by atoms with Crippen LogP contribution < -0.4 is 4.72 Å². The third kappa shape index (κ3) is 5.86. The van der Waals surface area contributed by atoms with Crippen LogP contribution in [0.25, 0.3) is 0 Å². The minimum absolute atomic E-state index is 0.818. The quantitative estimate of drug-likeness (QED) is 0.671. The molecule has 1 saturated carbocycles. The lowest BCUT2D eigenvalue weighted by Crippen LogP contribution is -2.25. The van der Waals surface area contributed by atoms with Crippen molar-refractivity contribution in [2.75, 3.05) is 12.9 Å². The van der Waals surface area contributed by atoms with Crippen molar-refractivity contribution in [1.82, 2.24) is 4.72 Å². The molecule has 1 rings (SSSR count). The van der Waals surface area contributed by atoms with Gasteiger partial charge in [0.2, 0.25) is 0 Å². The Kier molecular flexibility index (Phi) is 9.57. The maximum atomic E-state index is 7.00. The van der Waals surface area contributed by atoms with Crippen molar-refractivity contribution in [3.63, 3.8) is 0 Å². The first kappa shape index (κ1) is 12.3. The van der Waals surface area contributed by atoms with Crippen LogP contribution in [0.1, 0.15) is 39.0 Å². The van der Waals surface area contributed by atoms with Crippen molar-refractivity contribution in [2.24, 2.45) is 0 Å². The number of rotatable bonds is 3. The van der Waals surface area contributed by atoms with Gasteiger partial charge < -0.3 is 5.11 Å². The number of aliphatic hydroxyl groups is 1. The molecule has 2 nitrogen and oxygen atoms in total. The molecule has 0 amide bonds. The van der Waals surface area contributed by atoms with Crippen LogP contribution in [-0.2, 0) is 0 Å². The van der Waals surface area contributed by atoms with Crippen molar-refractivity contribution in [2.45, 2.75) is 45.1 Å². The van der Waals surface area contributed by atoms with E-state index in [0.29, 0.717) is 0 Å². The maximum Gasteiger partial charge on any atom is 0.0319 e. The Morgan fingerprint density at radius 2 is 1.83 bits per heavy atom. The molecule has 0 aliphatic heterocycles. The molecule has 0 atom stereocenters. The molecule has 0 radical (unpaired) electrons. The Morgan fingerprint density at radius 1 is 1.25 bits per heavy atom. The summed E-state index contributed by atoms with van der Waals surface area (Å²) in [7, 11) is 1.00. The van der Waals surface area contributed by atoms with E-state index in [4.69, 9.17) is 5.11 Å². The van der Waals surface area contributed by atoms with Crippen molar-refractivity contribution >= 4 is 11.9 Å². The first-order valence-corrected chi connectivity index (χ1v) is 5.74. The molecule has 1 aliphatic carbocycles. The van der Waals surface area contributed by atoms with Crippen LogP contribution in [0.4, 0.5) is 0 Å². The van der Waals surface area contributed by atoms with E-state index >= 15 is 0 Å². The Bertz CT molecular complexity index is 84.6. The molecule has 1 fully saturated rings. The third-order valence-electron chi connectivity index (χ3n) is 2.00. The van der Waals surface area contributed by atoms with Gasteiger partial charge in [-0.3, -0.25) is 4.72 Å². The van der Waals surface area contributed by atoms with Crippen LogP contribution in [-0.4, -0.2) is 24.0 Å². The largest absolute Gasteiger partial charge is 0.400 e. The van der Waals surface area contributed by atoms with Crippen LogP contribution >= 0.6 is 11.9 Å². The fraction of sp³-hybridized carbons (Fsp3) is 1.00. The van der Waals surface area contributed by atoms with E-state index in [9.17, 15) is 0 Å². The summed E-state index contributed by atoms with van der Waals surface area (Å²) < 4.78 is 3.49. The highest BCUT2D eigenvalue weighted by atomic mass is 32.2. The molecule has 3 heteroatoms. The Hall–Kier alpha value is 0.270. The average Bonchev–Trinajstić information content (AvgIpc) is 2.19. The molecule has 1 aliphatic rings. The molecule has 0 bridgehead atoms. The van der Waals surface area contributed by atoms with Gasteiger partial charge >= 0.3 is 0 Å². The zero-order valence-corrected chi connectivity index (χ0v) is 8.99. The minimum atomic E-state index is 0.818. The molecule has 0 heterocycles. The van der Waals surface area contributed by atoms with E-state index in [1.54, 1.807) is 0 Å². The SMILES string of the molecule is CCSNC1CCCCC1.CO. The van der Waals surface area contributed by atoms with Gasteiger partial charge in [-0.2, -0.15) is 0 Å². The van der Waals surface area contributed by atoms with Gasteiger partial charge in [0, 0.05) is 18.9 Å². The summed E-state index contributed by atoms with van der Waals surface area (Å²) in [6.45, 7) is 2.19. The van der Waals surface area contributed by atoms with Crippen molar-refractivity contribution in [1.29, 1.82) is 0 Å². The van der Waals surface area contributed by atoms with Gasteiger partial charge in [-0.05, 0) is 12.8 Å². The normalized spacial score (nSPS) is 18.2. The lowest BCUT2D eigenvalue weighted by molar-refractivity contribution is 0.399. The van der Waals surface area contributed by atoms with Crippen LogP contribution in [0.15, 0.2) is 0 Å². The minimum Gasteiger partial charge on any atom is -0.400 e. The molecular formula is C9H21NOS. The molecule has 12 heavy (non-hydrogen) atoms. The number of hydrogen-bond acceptors (Lipinski definition) is 3. The zero-order valence-electron chi connectivity index (χ0n) is 8.18. The topological polar surface area (TPSA) is 32.3 Å². The van der Waals surface area contributed by atoms with Crippen LogP contribution in [0.5, 0.6) is 0 Å². The zero-order chi connectivity index (χ0) is 9.23. The van der Waals surface area contributed by atoms with Gasteiger partial charge in [-0.1, -0.05) is 38.1 Å². The van der Waals surface area contributed by atoms with Gasteiger partial charge in [0.25, 0.3) is 0 Å². The Labute approximate surface area is 80.3 Å². The highest BCUT2D eigenvalue weighted by Crippen LogP contribution is 2.18. The maximum absolute atomic E-state index is 7.00. The second-order valence-electron chi connectivity index (χ2n) is 2.89. The predicted molar refractivity (Wildman–Crippen MR) is 56.3 cm³/mol. The highest BCUT2D eigenvalue weighted by Gasteiger charge is 2.11. The van der Waals surface area contributed by atoms with E-state index < -0.39 is 0 Å². The van der Waals surface area contributed by atoms with Crippen LogP contribution in [0, 0.1) is 0 Å². The molecule has 0 spiro atoms. The monoisotopic (exact) mass is 191 g/mol. The van der Waals surface area contributed by atoms with E-state index in [0.717, 1.165) is 13.2 Å². The molecular weight excluding hydrogens is 170 g/mol. The van der Waals surface area contributed by atoms with Gasteiger partial charge in [0.15, 0.2) is 0 Å². The molecule has 0 aromatic rings. The third-order valence-corrected chi connectivity index (χ3v) is 2.79. The summed E-state index contributed by atoms with van der Waals surface area (Å²) in [5.74, 6) is 1.19. The molecule has 0 unspecified atom stereocenters. The summed E-state index contributed by atoms with van der Waals surface area (Å²) in [6.07, 6.45) is 7.11. The molecule has 2 N–H and O–H groups in total. The highest BCUT2D eigenvalue weighted by molar-refractivity contribution is 7.97. The summed E-state index contributed by atoms with van der Waals surface area (Å²) in [4.78, 5) is 0. The van der Waals surface area contributed by atoms with Gasteiger partial charge in [-0.25, -0.2) is 0 Å².